The van der Waals surface area contributed by atoms with E-state index in [0.717, 1.165) is 89.9 Å². The van der Waals surface area contributed by atoms with Gasteiger partial charge in [0.25, 0.3) is 0 Å². The van der Waals surface area contributed by atoms with E-state index in [0.29, 0.717) is 32.1 Å². The minimum Gasteiger partial charge on any atom is -0.462 e. The van der Waals surface area contributed by atoms with Gasteiger partial charge >= 0.3 is 39.5 Å². The Morgan fingerprint density at radius 3 is 0.775 bits per heavy atom. The smallest absolute Gasteiger partial charge is 0.462 e. The largest absolute Gasteiger partial charge is 0.472 e. The summed E-state index contributed by atoms with van der Waals surface area (Å²) in [5.74, 6) is -2.19. The van der Waals surface area contributed by atoms with E-state index in [4.69, 9.17) is 37.0 Å². The normalized spacial score (nSPS) is 14.1. The number of phosphoric ester groups is 2. The first-order chi connectivity index (χ1) is 49.7. The molecule has 3 N–H and O–H groups in total. The molecule has 0 saturated heterocycles. The number of esters is 4. The van der Waals surface area contributed by atoms with Gasteiger partial charge in [-0.15, -0.1) is 0 Å². The van der Waals surface area contributed by atoms with Gasteiger partial charge < -0.3 is 33.8 Å². The summed E-state index contributed by atoms with van der Waals surface area (Å²) < 4.78 is 68.7. The third-order valence-electron chi connectivity index (χ3n) is 18.3. The Labute approximate surface area is 623 Å². The predicted molar refractivity (Wildman–Crippen MR) is 418 cm³/mol. The van der Waals surface area contributed by atoms with Gasteiger partial charge in [0.05, 0.1) is 26.4 Å². The zero-order valence-corrected chi connectivity index (χ0v) is 67.3. The average molecular weight is 1490 g/mol. The first-order valence-electron chi connectivity index (χ1n) is 41.9. The van der Waals surface area contributed by atoms with E-state index in [-0.39, 0.29) is 25.7 Å². The second kappa shape index (κ2) is 76.2. The predicted octanol–water partition coefficient (Wildman–Crippen LogP) is 24.5. The van der Waals surface area contributed by atoms with Crippen LogP contribution in [0.4, 0.5) is 0 Å². The Morgan fingerprint density at radius 2 is 0.490 bits per heavy atom. The molecule has 0 aliphatic rings. The standard InChI is InChI=1S/C83H154O17P2/c1-5-9-13-17-21-25-29-33-36-38-41-44-48-52-56-60-64-68-81(86)94-74-79(99-82(87)69-65-61-57-53-49-45-40-35-31-27-23-19-15-11-7-3)76-98-102(91,92)96-72-77(84)71-95-101(89,90)97-75-78(73-93-80(85)67-63-59-55-51-47-43-32-28-24-20-16-12-8-4)100-83(88)70-66-62-58-54-50-46-42-39-37-34-30-26-22-18-14-10-6-2/h22,26,34,37,42,46,54,58,77-79,84H,5-21,23-25,27-33,35-36,38-41,43-45,47-53,55-57,59-76H2,1-4H3,(H,89,90)(H,91,92)/b26-22-,37-34-,46-42-,58-54-/t77-,78+,79+/m0/s1. The Balaban J connectivity index is 5.34. The fourth-order valence-electron chi connectivity index (χ4n) is 11.9. The summed E-state index contributed by atoms with van der Waals surface area (Å²) in [5, 5.41) is 10.6. The number of allylic oxidation sites excluding steroid dienone is 8. The molecule has 0 radical (unpaired) electrons. The molecular weight excluding hydrogens is 1330 g/mol. The molecule has 0 fully saturated rings. The molecule has 19 heteroatoms. The van der Waals surface area contributed by atoms with Gasteiger partial charge in [-0.05, 0) is 64.2 Å². The van der Waals surface area contributed by atoms with Crippen molar-refractivity contribution >= 4 is 39.5 Å². The third kappa shape index (κ3) is 75.3. The van der Waals surface area contributed by atoms with Crippen LogP contribution in [-0.2, 0) is 65.4 Å². The molecule has 598 valence electrons. The van der Waals surface area contributed by atoms with Crippen LogP contribution in [0.1, 0.15) is 400 Å². The van der Waals surface area contributed by atoms with Gasteiger partial charge in [0.15, 0.2) is 12.2 Å². The zero-order chi connectivity index (χ0) is 74.6. The molecule has 0 rings (SSSR count). The summed E-state index contributed by atoms with van der Waals surface area (Å²) >= 11 is 0. The summed E-state index contributed by atoms with van der Waals surface area (Å²) in [6.07, 6.45) is 75.1. The van der Waals surface area contributed by atoms with Crippen molar-refractivity contribution < 1.29 is 80.2 Å². The molecule has 0 spiro atoms. The van der Waals surface area contributed by atoms with Gasteiger partial charge in [-0.2, -0.15) is 0 Å². The maximum atomic E-state index is 13.1. The topological polar surface area (TPSA) is 237 Å². The van der Waals surface area contributed by atoms with Crippen LogP contribution in [-0.4, -0.2) is 96.7 Å². The number of carbonyl (C=O) groups excluding carboxylic acids is 4. The number of rotatable bonds is 80. The van der Waals surface area contributed by atoms with Gasteiger partial charge in [-0.25, -0.2) is 9.13 Å². The minimum atomic E-state index is -4.98. The Bertz CT molecular complexity index is 2120. The molecule has 0 aliphatic heterocycles. The van der Waals surface area contributed by atoms with Crippen molar-refractivity contribution in [1.82, 2.24) is 0 Å². The van der Waals surface area contributed by atoms with Gasteiger partial charge in [0, 0.05) is 25.7 Å². The van der Waals surface area contributed by atoms with Crippen molar-refractivity contribution in [2.45, 2.75) is 418 Å². The molecular formula is C83H154O17P2. The van der Waals surface area contributed by atoms with E-state index >= 15 is 0 Å². The fraction of sp³-hybridized carbons (Fsp3) is 0.855. The summed E-state index contributed by atoms with van der Waals surface area (Å²) in [6.45, 7) is 4.90. The third-order valence-corrected chi connectivity index (χ3v) is 20.2. The Kier molecular flexibility index (Phi) is 74.0. The van der Waals surface area contributed by atoms with Crippen LogP contribution < -0.4 is 0 Å². The SMILES string of the molecule is CCCCC/C=C\C/C=C\C/C=C\C/C=C\CCCC(=O)O[C@H](COC(=O)CCCCCCCCCCCCCCC)COP(=O)(O)OC[C@H](O)COP(=O)(O)OC[C@@H](COC(=O)CCCCCCCCCCCCCCCCCCC)OC(=O)CCCCCCCCCCCCCCCCC. The van der Waals surface area contributed by atoms with Crippen LogP contribution in [0.2, 0.25) is 0 Å². The second-order valence-corrected chi connectivity index (χ2v) is 31.4. The Morgan fingerprint density at radius 1 is 0.275 bits per heavy atom. The van der Waals surface area contributed by atoms with Crippen LogP contribution in [0.15, 0.2) is 48.6 Å². The number of phosphoric acid groups is 2. The quantitative estimate of drug-likeness (QED) is 0.0169. The molecule has 0 amide bonds. The number of ether oxygens (including phenoxy) is 4. The van der Waals surface area contributed by atoms with Crippen molar-refractivity contribution in [2.24, 2.45) is 0 Å². The summed E-state index contributed by atoms with van der Waals surface area (Å²) in [5.41, 5.74) is 0. The van der Waals surface area contributed by atoms with Crippen molar-refractivity contribution in [3.8, 4) is 0 Å². The molecule has 2 unspecified atom stereocenters. The highest BCUT2D eigenvalue weighted by Gasteiger charge is 2.30. The number of aliphatic hydroxyl groups is 1. The highest BCUT2D eigenvalue weighted by Crippen LogP contribution is 2.45. The van der Waals surface area contributed by atoms with Crippen LogP contribution in [0.3, 0.4) is 0 Å². The molecule has 0 aliphatic carbocycles. The van der Waals surface area contributed by atoms with Gasteiger partial charge in [-0.3, -0.25) is 37.3 Å². The van der Waals surface area contributed by atoms with E-state index in [9.17, 15) is 43.2 Å². The lowest BCUT2D eigenvalue weighted by molar-refractivity contribution is -0.161. The summed E-state index contributed by atoms with van der Waals surface area (Å²) in [4.78, 5) is 73.1. The summed E-state index contributed by atoms with van der Waals surface area (Å²) in [6, 6.07) is 0. The van der Waals surface area contributed by atoms with E-state index in [1.807, 2.05) is 12.2 Å². The number of carbonyl (C=O) groups is 4. The zero-order valence-electron chi connectivity index (χ0n) is 65.6. The molecule has 0 saturated carbocycles. The molecule has 102 heavy (non-hydrogen) atoms. The lowest BCUT2D eigenvalue weighted by Crippen LogP contribution is -2.30. The minimum absolute atomic E-state index is 0.0256. The van der Waals surface area contributed by atoms with E-state index in [1.165, 1.54) is 225 Å². The fourth-order valence-corrected chi connectivity index (χ4v) is 13.5. The number of hydrogen-bond donors (Lipinski definition) is 3. The lowest BCUT2D eigenvalue weighted by Gasteiger charge is -2.21. The maximum absolute atomic E-state index is 13.1. The second-order valence-electron chi connectivity index (χ2n) is 28.4. The average Bonchev–Trinajstić information content (AvgIpc) is 0.922. The number of unbranched alkanes of at least 4 members (excludes halogenated alkanes) is 46. The van der Waals surface area contributed by atoms with E-state index < -0.39 is 97.5 Å². The maximum Gasteiger partial charge on any atom is 0.472 e. The lowest BCUT2D eigenvalue weighted by atomic mass is 10.0. The van der Waals surface area contributed by atoms with Crippen molar-refractivity contribution in [3.05, 3.63) is 48.6 Å². The van der Waals surface area contributed by atoms with Crippen LogP contribution >= 0.6 is 15.6 Å². The van der Waals surface area contributed by atoms with Crippen molar-refractivity contribution in [1.29, 1.82) is 0 Å². The van der Waals surface area contributed by atoms with E-state index in [2.05, 4.69) is 64.2 Å². The molecule has 17 nitrogen and oxygen atoms in total. The van der Waals surface area contributed by atoms with Crippen molar-refractivity contribution in [2.75, 3.05) is 39.6 Å². The molecule has 0 bridgehead atoms. The van der Waals surface area contributed by atoms with Crippen LogP contribution in [0, 0.1) is 0 Å². The monoisotopic (exact) mass is 1490 g/mol. The number of hydrogen-bond acceptors (Lipinski definition) is 15. The molecule has 0 aromatic heterocycles. The molecule has 0 aromatic rings. The highest BCUT2D eigenvalue weighted by molar-refractivity contribution is 7.47. The molecule has 5 atom stereocenters. The number of aliphatic hydroxyl groups excluding tert-OH is 1. The van der Waals surface area contributed by atoms with Crippen LogP contribution in [0.25, 0.3) is 0 Å². The Hall–Kier alpha value is -2.98. The highest BCUT2D eigenvalue weighted by atomic mass is 31.2. The first-order valence-corrected chi connectivity index (χ1v) is 44.9. The van der Waals surface area contributed by atoms with Gasteiger partial charge in [0.1, 0.15) is 19.3 Å². The molecule has 0 heterocycles. The van der Waals surface area contributed by atoms with Gasteiger partial charge in [-0.1, -0.05) is 359 Å². The molecule has 0 aromatic carbocycles. The van der Waals surface area contributed by atoms with Gasteiger partial charge in [0.2, 0.25) is 0 Å². The summed E-state index contributed by atoms with van der Waals surface area (Å²) in [7, 11) is -9.95. The van der Waals surface area contributed by atoms with Crippen molar-refractivity contribution in [3.63, 3.8) is 0 Å². The van der Waals surface area contributed by atoms with E-state index in [1.54, 1.807) is 0 Å². The van der Waals surface area contributed by atoms with Crippen LogP contribution in [0.5, 0.6) is 0 Å². The first kappa shape index (κ1) is 99.0.